The fourth-order valence-electron chi connectivity index (χ4n) is 1.60. The molecule has 0 atom stereocenters. The van der Waals surface area contributed by atoms with Gasteiger partial charge in [0.15, 0.2) is 0 Å². The zero-order valence-electron chi connectivity index (χ0n) is 9.01. The lowest BCUT2D eigenvalue weighted by molar-refractivity contribution is 0.602. The Kier molecular flexibility index (Phi) is 2.35. The Morgan fingerprint density at radius 2 is 2.29 bits per heavy atom. The van der Waals surface area contributed by atoms with Gasteiger partial charge in [0, 0.05) is 11.2 Å². The Bertz CT molecular complexity index is 310. The number of rotatable bonds is 4. The summed E-state index contributed by atoms with van der Waals surface area (Å²) in [5.41, 5.74) is 8.56. The summed E-state index contributed by atoms with van der Waals surface area (Å²) in [7, 11) is 0. The molecule has 0 radical (unpaired) electrons. The molecule has 1 fully saturated rings. The summed E-state index contributed by atoms with van der Waals surface area (Å²) in [4.78, 5) is 0. The summed E-state index contributed by atoms with van der Waals surface area (Å²) >= 11 is 0. The van der Waals surface area contributed by atoms with Crippen LogP contribution in [0.3, 0.4) is 0 Å². The highest BCUT2D eigenvalue weighted by Gasteiger charge is 2.37. The van der Waals surface area contributed by atoms with Gasteiger partial charge in [0.05, 0.1) is 5.69 Å². The van der Waals surface area contributed by atoms with Crippen molar-refractivity contribution < 1.29 is 0 Å². The molecule has 1 saturated carbocycles. The third kappa shape index (κ3) is 2.15. The van der Waals surface area contributed by atoms with Crippen molar-refractivity contribution in [1.29, 1.82) is 0 Å². The third-order valence-electron chi connectivity index (χ3n) is 3.03. The third-order valence-corrected chi connectivity index (χ3v) is 3.03. The number of H-pyrrole nitrogens is 1. The zero-order chi connectivity index (χ0) is 10.2. The molecule has 3 heteroatoms. The van der Waals surface area contributed by atoms with Gasteiger partial charge in [-0.05, 0) is 37.7 Å². The van der Waals surface area contributed by atoms with E-state index >= 15 is 0 Å². The molecule has 0 amide bonds. The Labute approximate surface area is 85.1 Å². The first kappa shape index (κ1) is 9.71. The topological polar surface area (TPSA) is 54.7 Å². The van der Waals surface area contributed by atoms with Gasteiger partial charge in [-0.25, -0.2) is 0 Å². The van der Waals surface area contributed by atoms with Gasteiger partial charge < -0.3 is 5.73 Å². The number of hydrogen-bond acceptors (Lipinski definition) is 2. The molecule has 0 aliphatic heterocycles. The van der Waals surface area contributed by atoms with Crippen LogP contribution in [0.1, 0.15) is 50.4 Å². The van der Waals surface area contributed by atoms with E-state index in [0.717, 1.165) is 18.5 Å². The molecule has 1 heterocycles. The van der Waals surface area contributed by atoms with Gasteiger partial charge in [-0.3, -0.25) is 5.10 Å². The number of hydrogen-bond donors (Lipinski definition) is 2. The predicted octanol–water partition coefficient (Wildman–Crippen LogP) is 1.96. The maximum Gasteiger partial charge on any atom is 0.0650 e. The molecule has 78 valence electrons. The molecule has 1 aromatic heterocycles. The second-order valence-corrected chi connectivity index (χ2v) is 4.84. The monoisotopic (exact) mass is 193 g/mol. The minimum atomic E-state index is 0.156. The second-order valence-electron chi connectivity index (χ2n) is 4.84. The van der Waals surface area contributed by atoms with Crippen molar-refractivity contribution in [2.75, 3.05) is 0 Å². The Morgan fingerprint density at radius 3 is 2.79 bits per heavy atom. The van der Waals surface area contributed by atoms with Gasteiger partial charge in [-0.2, -0.15) is 5.10 Å². The van der Waals surface area contributed by atoms with E-state index in [9.17, 15) is 0 Å². The van der Waals surface area contributed by atoms with E-state index in [1.165, 1.54) is 18.5 Å². The lowest BCUT2D eigenvalue weighted by atomic mass is 10.1. The highest BCUT2D eigenvalue weighted by atomic mass is 15.1. The molecule has 2 rings (SSSR count). The van der Waals surface area contributed by atoms with E-state index < -0.39 is 0 Å². The smallest absolute Gasteiger partial charge is 0.0650 e. The normalized spacial score (nSPS) is 18.9. The quantitative estimate of drug-likeness (QED) is 0.768. The van der Waals surface area contributed by atoms with Crippen LogP contribution >= 0.6 is 0 Å². The predicted molar refractivity (Wildman–Crippen MR) is 57.2 cm³/mol. The van der Waals surface area contributed by atoms with Crippen LogP contribution in [0.4, 0.5) is 0 Å². The van der Waals surface area contributed by atoms with Crippen molar-refractivity contribution >= 4 is 0 Å². The van der Waals surface area contributed by atoms with Crippen LogP contribution in [0.15, 0.2) is 6.07 Å². The van der Waals surface area contributed by atoms with Crippen molar-refractivity contribution in [2.24, 2.45) is 5.73 Å². The van der Waals surface area contributed by atoms with Gasteiger partial charge in [0.25, 0.3) is 0 Å². The molecule has 0 unspecified atom stereocenters. The number of nitrogens with two attached hydrogens (primary N) is 1. The first-order valence-corrected chi connectivity index (χ1v) is 5.42. The standard InChI is InChI=1S/C11H19N3/c1-8(2)10-7-9(13-14-10)3-4-11(12)5-6-11/h7-8H,3-6,12H2,1-2H3,(H,13,14). The Morgan fingerprint density at radius 1 is 1.57 bits per heavy atom. The van der Waals surface area contributed by atoms with E-state index in [1.54, 1.807) is 0 Å². The minimum Gasteiger partial charge on any atom is -0.325 e. The van der Waals surface area contributed by atoms with Crippen molar-refractivity contribution in [2.45, 2.75) is 51.0 Å². The van der Waals surface area contributed by atoms with E-state index in [2.05, 4.69) is 30.1 Å². The summed E-state index contributed by atoms with van der Waals surface area (Å²) in [5.74, 6) is 0.507. The largest absolute Gasteiger partial charge is 0.325 e. The summed E-state index contributed by atoms with van der Waals surface area (Å²) < 4.78 is 0. The number of nitrogens with zero attached hydrogens (tertiary/aromatic N) is 1. The van der Waals surface area contributed by atoms with E-state index in [-0.39, 0.29) is 5.54 Å². The van der Waals surface area contributed by atoms with Crippen LogP contribution in [0.5, 0.6) is 0 Å². The van der Waals surface area contributed by atoms with Gasteiger partial charge >= 0.3 is 0 Å². The molecule has 3 nitrogen and oxygen atoms in total. The zero-order valence-corrected chi connectivity index (χ0v) is 9.01. The summed E-state index contributed by atoms with van der Waals surface area (Å²) in [6, 6.07) is 2.16. The molecule has 0 aromatic carbocycles. The maximum absolute atomic E-state index is 6.03. The van der Waals surface area contributed by atoms with Gasteiger partial charge in [0.2, 0.25) is 0 Å². The van der Waals surface area contributed by atoms with Gasteiger partial charge in [-0.15, -0.1) is 0 Å². The van der Waals surface area contributed by atoms with Crippen LogP contribution in [0.25, 0.3) is 0 Å². The van der Waals surface area contributed by atoms with Crippen LogP contribution in [0, 0.1) is 0 Å². The number of aryl methyl sites for hydroxylation is 1. The highest BCUT2D eigenvalue weighted by molar-refractivity contribution is 5.13. The van der Waals surface area contributed by atoms with Crippen molar-refractivity contribution in [3.63, 3.8) is 0 Å². The molecule has 1 aliphatic rings. The van der Waals surface area contributed by atoms with Gasteiger partial charge in [-0.1, -0.05) is 13.8 Å². The number of aromatic amines is 1. The molecule has 1 aromatic rings. The van der Waals surface area contributed by atoms with Crippen molar-refractivity contribution in [3.8, 4) is 0 Å². The molecule has 3 N–H and O–H groups in total. The first-order valence-electron chi connectivity index (χ1n) is 5.42. The average Bonchev–Trinajstić information content (AvgIpc) is 2.68. The second kappa shape index (κ2) is 3.39. The van der Waals surface area contributed by atoms with Crippen molar-refractivity contribution in [3.05, 3.63) is 17.5 Å². The molecule has 14 heavy (non-hydrogen) atoms. The molecular formula is C11H19N3. The minimum absolute atomic E-state index is 0.156. The van der Waals surface area contributed by atoms with E-state index in [4.69, 9.17) is 5.73 Å². The fourth-order valence-corrected chi connectivity index (χ4v) is 1.60. The number of nitrogens with one attached hydrogen (secondary N) is 1. The summed E-state index contributed by atoms with van der Waals surface area (Å²) in [6.45, 7) is 4.32. The SMILES string of the molecule is CC(C)c1cc(CCC2(N)CC2)[nH]n1. The lowest BCUT2D eigenvalue weighted by Gasteiger charge is -2.05. The fraction of sp³-hybridized carbons (Fsp3) is 0.727. The Balaban J connectivity index is 1.90. The molecule has 0 bridgehead atoms. The first-order chi connectivity index (χ1) is 6.59. The van der Waals surface area contributed by atoms with Crippen LogP contribution in [0.2, 0.25) is 0 Å². The maximum atomic E-state index is 6.03. The highest BCUT2D eigenvalue weighted by Crippen LogP contribution is 2.36. The van der Waals surface area contributed by atoms with Crippen LogP contribution in [-0.2, 0) is 6.42 Å². The summed E-state index contributed by atoms with van der Waals surface area (Å²) in [5, 5.41) is 7.35. The molecule has 1 aliphatic carbocycles. The summed E-state index contributed by atoms with van der Waals surface area (Å²) in [6.07, 6.45) is 4.51. The molecular weight excluding hydrogens is 174 g/mol. The molecule has 0 spiro atoms. The van der Waals surface area contributed by atoms with Crippen molar-refractivity contribution in [1.82, 2.24) is 10.2 Å². The molecule has 0 saturated heterocycles. The lowest BCUT2D eigenvalue weighted by Crippen LogP contribution is -2.22. The van der Waals surface area contributed by atoms with Gasteiger partial charge in [0.1, 0.15) is 0 Å². The van der Waals surface area contributed by atoms with Crippen LogP contribution in [-0.4, -0.2) is 15.7 Å². The number of aromatic nitrogens is 2. The average molecular weight is 193 g/mol. The Hall–Kier alpha value is -0.830. The van der Waals surface area contributed by atoms with E-state index in [0.29, 0.717) is 5.92 Å². The van der Waals surface area contributed by atoms with E-state index in [1.807, 2.05) is 0 Å². The van der Waals surface area contributed by atoms with Crippen LogP contribution < -0.4 is 5.73 Å².